The van der Waals surface area contributed by atoms with Crippen LogP contribution in [0.5, 0.6) is 0 Å². The van der Waals surface area contributed by atoms with Gasteiger partial charge in [0.15, 0.2) is 0 Å². The van der Waals surface area contributed by atoms with E-state index in [1.165, 1.54) is 51.5 Å². The van der Waals surface area contributed by atoms with E-state index in [2.05, 4.69) is 33.0 Å². The fraction of sp³-hybridized carbons (Fsp3) is 1.00. The van der Waals surface area contributed by atoms with Gasteiger partial charge in [0.05, 0.1) is 0 Å². The number of hydrogen-bond acceptors (Lipinski definition) is 1. The molecule has 17 heavy (non-hydrogen) atoms. The van der Waals surface area contributed by atoms with Gasteiger partial charge in [-0.15, -0.1) is 0 Å². The average molecular weight is 237 g/mol. The monoisotopic (exact) mass is 237 g/mol. The summed E-state index contributed by atoms with van der Waals surface area (Å²) in [6, 6.07) is 0. The van der Waals surface area contributed by atoms with Gasteiger partial charge in [-0.05, 0) is 49.5 Å². The molecule has 2 fully saturated rings. The highest BCUT2D eigenvalue weighted by atomic mass is 15.0. The summed E-state index contributed by atoms with van der Waals surface area (Å²) >= 11 is 0. The van der Waals surface area contributed by atoms with Crippen molar-refractivity contribution < 1.29 is 0 Å². The first-order valence-electron chi connectivity index (χ1n) is 7.74. The third-order valence-corrected chi connectivity index (χ3v) is 5.58. The van der Waals surface area contributed by atoms with Crippen LogP contribution in [0.15, 0.2) is 0 Å². The Morgan fingerprint density at radius 1 is 1.18 bits per heavy atom. The van der Waals surface area contributed by atoms with Crippen molar-refractivity contribution in [3.8, 4) is 0 Å². The summed E-state index contributed by atoms with van der Waals surface area (Å²) < 4.78 is 0. The number of hydrogen-bond donors (Lipinski definition) is 1. The van der Waals surface area contributed by atoms with E-state index in [-0.39, 0.29) is 0 Å². The molecule has 0 amide bonds. The molecule has 1 aliphatic carbocycles. The molecular weight excluding hydrogens is 206 g/mol. The van der Waals surface area contributed by atoms with E-state index in [0.29, 0.717) is 11.0 Å². The quantitative estimate of drug-likeness (QED) is 0.752. The first kappa shape index (κ1) is 13.4. The van der Waals surface area contributed by atoms with Gasteiger partial charge < -0.3 is 5.32 Å². The van der Waals surface area contributed by atoms with Crippen LogP contribution in [0, 0.1) is 17.3 Å². The SMILES string of the molecule is CCC1CCCC(C2(C(C)(C)C)CCCN2)C1. The molecule has 3 unspecified atom stereocenters. The first-order chi connectivity index (χ1) is 7.99. The summed E-state index contributed by atoms with van der Waals surface area (Å²) in [6.45, 7) is 11.0. The molecule has 1 saturated heterocycles. The Morgan fingerprint density at radius 3 is 2.47 bits per heavy atom. The van der Waals surface area contributed by atoms with Gasteiger partial charge in [0.1, 0.15) is 0 Å². The Labute approximate surface area is 108 Å². The predicted octanol–water partition coefficient (Wildman–Crippen LogP) is 4.37. The zero-order valence-corrected chi connectivity index (χ0v) is 12.3. The van der Waals surface area contributed by atoms with Gasteiger partial charge in [-0.1, -0.05) is 47.0 Å². The number of nitrogens with one attached hydrogen (secondary N) is 1. The van der Waals surface area contributed by atoms with Gasteiger partial charge in [0.2, 0.25) is 0 Å². The van der Waals surface area contributed by atoms with E-state index in [1.54, 1.807) is 0 Å². The molecule has 1 heterocycles. The molecule has 2 rings (SSSR count). The summed E-state index contributed by atoms with van der Waals surface area (Å²) in [5.41, 5.74) is 0.838. The van der Waals surface area contributed by atoms with Gasteiger partial charge in [-0.3, -0.25) is 0 Å². The normalized spacial score (nSPS) is 39.5. The van der Waals surface area contributed by atoms with Crippen molar-refractivity contribution in [1.82, 2.24) is 5.32 Å². The highest BCUT2D eigenvalue weighted by Crippen LogP contribution is 2.49. The van der Waals surface area contributed by atoms with Crippen LogP contribution in [0.4, 0.5) is 0 Å². The van der Waals surface area contributed by atoms with Crippen molar-refractivity contribution in [1.29, 1.82) is 0 Å². The minimum Gasteiger partial charge on any atom is -0.310 e. The van der Waals surface area contributed by atoms with Crippen LogP contribution in [0.25, 0.3) is 0 Å². The lowest BCUT2D eigenvalue weighted by Crippen LogP contribution is -2.57. The average Bonchev–Trinajstić information content (AvgIpc) is 2.79. The minimum atomic E-state index is 0.407. The lowest BCUT2D eigenvalue weighted by atomic mass is 9.60. The van der Waals surface area contributed by atoms with Gasteiger partial charge >= 0.3 is 0 Å². The van der Waals surface area contributed by atoms with Crippen LogP contribution < -0.4 is 5.32 Å². The molecule has 2 aliphatic rings. The van der Waals surface area contributed by atoms with Crippen molar-refractivity contribution >= 4 is 0 Å². The number of rotatable bonds is 2. The molecule has 1 aliphatic heterocycles. The van der Waals surface area contributed by atoms with Crippen LogP contribution >= 0.6 is 0 Å². The second-order valence-electron chi connectivity index (χ2n) is 7.39. The Balaban J connectivity index is 2.16. The van der Waals surface area contributed by atoms with Crippen LogP contribution in [-0.4, -0.2) is 12.1 Å². The van der Waals surface area contributed by atoms with Crippen molar-refractivity contribution in [2.75, 3.05) is 6.54 Å². The molecule has 3 atom stereocenters. The fourth-order valence-electron chi connectivity index (χ4n) is 4.48. The Bertz CT molecular complexity index is 245. The standard InChI is InChI=1S/C16H31N/c1-5-13-8-6-9-14(12-13)16(15(2,3)4)10-7-11-17-16/h13-14,17H,5-12H2,1-4H3. The van der Waals surface area contributed by atoms with Crippen molar-refractivity contribution in [2.45, 2.75) is 78.2 Å². The van der Waals surface area contributed by atoms with E-state index >= 15 is 0 Å². The van der Waals surface area contributed by atoms with E-state index in [9.17, 15) is 0 Å². The summed E-state index contributed by atoms with van der Waals surface area (Å²) in [4.78, 5) is 0. The third kappa shape index (κ3) is 2.41. The fourth-order valence-corrected chi connectivity index (χ4v) is 4.48. The maximum Gasteiger partial charge on any atom is 0.0258 e. The van der Waals surface area contributed by atoms with Crippen molar-refractivity contribution in [3.63, 3.8) is 0 Å². The van der Waals surface area contributed by atoms with Crippen LogP contribution in [-0.2, 0) is 0 Å². The summed E-state index contributed by atoms with van der Waals surface area (Å²) in [7, 11) is 0. The third-order valence-electron chi connectivity index (χ3n) is 5.58. The topological polar surface area (TPSA) is 12.0 Å². The summed E-state index contributed by atoms with van der Waals surface area (Å²) in [5.74, 6) is 1.92. The molecule has 1 saturated carbocycles. The summed E-state index contributed by atoms with van der Waals surface area (Å²) in [6.07, 6.45) is 10.0. The first-order valence-corrected chi connectivity index (χ1v) is 7.74. The molecule has 0 radical (unpaired) electrons. The maximum atomic E-state index is 3.92. The molecule has 1 heteroatoms. The Morgan fingerprint density at radius 2 is 1.94 bits per heavy atom. The van der Waals surface area contributed by atoms with Gasteiger partial charge in [0.25, 0.3) is 0 Å². The second kappa shape index (κ2) is 4.91. The molecule has 1 N–H and O–H groups in total. The molecule has 0 aromatic carbocycles. The molecule has 0 spiro atoms. The van der Waals surface area contributed by atoms with Crippen molar-refractivity contribution in [2.24, 2.45) is 17.3 Å². The van der Waals surface area contributed by atoms with Crippen LogP contribution in [0.2, 0.25) is 0 Å². The predicted molar refractivity (Wildman–Crippen MR) is 75.2 cm³/mol. The zero-order valence-electron chi connectivity index (χ0n) is 12.3. The molecule has 1 nitrogen and oxygen atoms in total. The Kier molecular flexibility index (Phi) is 3.87. The molecule has 0 aromatic heterocycles. The minimum absolute atomic E-state index is 0.407. The van der Waals surface area contributed by atoms with E-state index < -0.39 is 0 Å². The van der Waals surface area contributed by atoms with Crippen LogP contribution in [0.3, 0.4) is 0 Å². The smallest absolute Gasteiger partial charge is 0.0258 e. The lowest BCUT2D eigenvalue weighted by Gasteiger charge is -2.50. The molecule has 0 bridgehead atoms. The summed E-state index contributed by atoms with van der Waals surface area (Å²) in [5, 5.41) is 3.92. The zero-order chi connectivity index (χ0) is 12.5. The molecule has 100 valence electrons. The van der Waals surface area contributed by atoms with Gasteiger partial charge in [-0.2, -0.15) is 0 Å². The van der Waals surface area contributed by atoms with Crippen LogP contribution in [0.1, 0.15) is 72.6 Å². The highest BCUT2D eigenvalue weighted by molar-refractivity contribution is 5.06. The maximum absolute atomic E-state index is 3.92. The highest BCUT2D eigenvalue weighted by Gasteiger charge is 2.49. The molecular formula is C16H31N. The van der Waals surface area contributed by atoms with Gasteiger partial charge in [0, 0.05) is 5.54 Å². The van der Waals surface area contributed by atoms with E-state index in [1.807, 2.05) is 0 Å². The van der Waals surface area contributed by atoms with Gasteiger partial charge in [-0.25, -0.2) is 0 Å². The van der Waals surface area contributed by atoms with E-state index in [0.717, 1.165) is 11.8 Å². The lowest BCUT2D eigenvalue weighted by molar-refractivity contribution is 0.0477. The van der Waals surface area contributed by atoms with E-state index in [4.69, 9.17) is 0 Å². The molecule has 0 aromatic rings. The van der Waals surface area contributed by atoms with Crippen molar-refractivity contribution in [3.05, 3.63) is 0 Å². The largest absolute Gasteiger partial charge is 0.310 e. The Hall–Kier alpha value is -0.0400. The second-order valence-corrected chi connectivity index (χ2v) is 7.39.